The zero-order chi connectivity index (χ0) is 22.0. The Bertz CT molecular complexity index is 931. The third-order valence-corrected chi connectivity index (χ3v) is 6.89. The van der Waals surface area contributed by atoms with Crippen molar-refractivity contribution in [3.8, 4) is 0 Å². The Kier molecular flexibility index (Phi) is 6.43. The molecule has 2 aliphatic heterocycles. The van der Waals surface area contributed by atoms with Gasteiger partial charge in [0.25, 0.3) is 0 Å². The van der Waals surface area contributed by atoms with Crippen LogP contribution in [-0.2, 0) is 11.0 Å². The van der Waals surface area contributed by atoms with Crippen molar-refractivity contribution in [2.45, 2.75) is 11.6 Å². The number of hydrogen-bond donors (Lipinski definition) is 0. The maximum absolute atomic E-state index is 14.2. The topological polar surface area (TPSA) is 26.8 Å². The van der Waals surface area contributed by atoms with Crippen LogP contribution < -0.4 is 4.90 Å². The number of alkyl halides is 3. The first kappa shape index (κ1) is 22.0. The van der Waals surface area contributed by atoms with Gasteiger partial charge >= 0.3 is 6.18 Å². The van der Waals surface area contributed by atoms with Crippen LogP contribution in [0.4, 0.5) is 23.2 Å². The normalized spacial score (nSPS) is 20.3. The van der Waals surface area contributed by atoms with Gasteiger partial charge in [0, 0.05) is 49.7 Å². The number of amides is 1. The fourth-order valence-corrected chi connectivity index (χ4v) is 5.28. The minimum Gasteiger partial charge on any atom is -0.369 e. The van der Waals surface area contributed by atoms with Gasteiger partial charge in [-0.1, -0.05) is 24.3 Å². The third kappa shape index (κ3) is 4.98. The molecule has 0 aliphatic carbocycles. The fourth-order valence-electron chi connectivity index (χ4n) is 3.98. The van der Waals surface area contributed by atoms with E-state index >= 15 is 0 Å². The third-order valence-electron chi connectivity index (χ3n) is 5.65. The molecule has 4 nitrogen and oxygen atoms in total. The molecule has 166 valence electrons. The molecule has 2 saturated heterocycles. The summed E-state index contributed by atoms with van der Waals surface area (Å²) in [5.41, 5.74) is 0.400. The minimum absolute atomic E-state index is 0.0502. The second-order valence-corrected chi connectivity index (χ2v) is 8.83. The van der Waals surface area contributed by atoms with Crippen LogP contribution in [0.2, 0.25) is 0 Å². The van der Waals surface area contributed by atoms with Gasteiger partial charge in [-0.3, -0.25) is 9.69 Å². The van der Waals surface area contributed by atoms with E-state index in [1.165, 1.54) is 18.2 Å². The van der Waals surface area contributed by atoms with Crippen LogP contribution in [0, 0.1) is 5.82 Å². The van der Waals surface area contributed by atoms with Gasteiger partial charge in [-0.15, -0.1) is 11.8 Å². The molecule has 2 heterocycles. The monoisotopic (exact) mass is 453 g/mol. The summed E-state index contributed by atoms with van der Waals surface area (Å²) in [6, 6.07) is 11.9. The maximum Gasteiger partial charge on any atom is 0.416 e. The SMILES string of the molecule is O=C(CN1CCN(c2cccc(C(F)(F)F)c2)CC1)N1CCS[C@H]1c1ccccc1F. The molecular weight excluding hydrogens is 430 g/mol. The number of rotatable bonds is 4. The quantitative estimate of drug-likeness (QED) is 0.647. The Labute approximate surface area is 182 Å². The second-order valence-electron chi connectivity index (χ2n) is 7.64. The van der Waals surface area contributed by atoms with Gasteiger partial charge in [-0.05, 0) is 24.3 Å². The zero-order valence-electron chi connectivity index (χ0n) is 16.8. The van der Waals surface area contributed by atoms with E-state index in [2.05, 4.69) is 0 Å². The molecule has 1 amide bonds. The number of carbonyl (C=O) groups is 1. The Morgan fingerprint density at radius 1 is 1.00 bits per heavy atom. The van der Waals surface area contributed by atoms with Crippen molar-refractivity contribution < 1.29 is 22.4 Å². The first-order valence-electron chi connectivity index (χ1n) is 10.1. The molecule has 4 rings (SSSR count). The highest BCUT2D eigenvalue weighted by atomic mass is 32.2. The average molecular weight is 454 g/mol. The van der Waals surface area contributed by atoms with Crippen LogP contribution in [-0.4, -0.2) is 60.7 Å². The van der Waals surface area contributed by atoms with Crippen LogP contribution in [0.3, 0.4) is 0 Å². The summed E-state index contributed by atoms with van der Waals surface area (Å²) in [7, 11) is 0. The molecular formula is C22H23F4N3OS. The first-order valence-corrected chi connectivity index (χ1v) is 11.2. The number of anilines is 1. The summed E-state index contributed by atoms with van der Waals surface area (Å²) in [6.07, 6.45) is -4.37. The van der Waals surface area contributed by atoms with Crippen LogP contribution in [0.5, 0.6) is 0 Å². The van der Waals surface area contributed by atoms with Crippen LogP contribution in [0.25, 0.3) is 0 Å². The van der Waals surface area contributed by atoms with E-state index in [0.29, 0.717) is 44.0 Å². The lowest BCUT2D eigenvalue weighted by Crippen LogP contribution is -2.50. The van der Waals surface area contributed by atoms with Crippen LogP contribution >= 0.6 is 11.8 Å². The lowest BCUT2D eigenvalue weighted by atomic mass is 10.1. The molecule has 0 unspecified atom stereocenters. The first-order chi connectivity index (χ1) is 14.8. The summed E-state index contributed by atoms with van der Waals surface area (Å²) in [5.74, 6) is 0.397. The summed E-state index contributed by atoms with van der Waals surface area (Å²) in [6.45, 7) is 3.04. The molecule has 0 aromatic heterocycles. The molecule has 0 spiro atoms. The molecule has 2 fully saturated rings. The predicted molar refractivity (Wildman–Crippen MR) is 113 cm³/mol. The molecule has 2 aliphatic rings. The standard InChI is InChI=1S/C22H23F4N3OS/c23-19-7-2-1-6-18(19)21-29(12-13-31-21)20(30)15-27-8-10-28(11-9-27)17-5-3-4-16(14-17)22(24,25)26/h1-7,14,21H,8-13,15H2/t21-/m0/s1. The van der Waals surface area contributed by atoms with Crippen LogP contribution in [0.1, 0.15) is 16.5 Å². The Hall–Kier alpha value is -2.26. The zero-order valence-corrected chi connectivity index (χ0v) is 17.6. The summed E-state index contributed by atoms with van der Waals surface area (Å²) in [4.78, 5) is 18.6. The fraction of sp³-hybridized carbons (Fsp3) is 0.409. The van der Waals surface area contributed by atoms with Gasteiger partial charge in [-0.2, -0.15) is 13.2 Å². The Morgan fingerprint density at radius 2 is 1.74 bits per heavy atom. The molecule has 1 atom stereocenters. The van der Waals surface area contributed by atoms with Gasteiger partial charge in [0.05, 0.1) is 12.1 Å². The highest BCUT2D eigenvalue weighted by Crippen LogP contribution is 2.39. The molecule has 31 heavy (non-hydrogen) atoms. The Balaban J connectivity index is 1.35. The Morgan fingerprint density at radius 3 is 2.45 bits per heavy atom. The van der Waals surface area contributed by atoms with E-state index in [1.807, 2.05) is 9.80 Å². The smallest absolute Gasteiger partial charge is 0.369 e. The van der Waals surface area contributed by atoms with Crippen molar-refractivity contribution in [2.24, 2.45) is 0 Å². The minimum atomic E-state index is -4.37. The van der Waals surface area contributed by atoms with Crippen molar-refractivity contribution >= 4 is 23.4 Å². The van der Waals surface area contributed by atoms with E-state index in [-0.39, 0.29) is 23.6 Å². The van der Waals surface area contributed by atoms with Crippen molar-refractivity contribution in [1.29, 1.82) is 0 Å². The van der Waals surface area contributed by atoms with E-state index in [0.717, 1.165) is 11.8 Å². The number of piperazine rings is 1. The summed E-state index contributed by atoms with van der Waals surface area (Å²) >= 11 is 1.56. The number of nitrogens with zero attached hydrogens (tertiary/aromatic N) is 3. The van der Waals surface area contributed by atoms with Crippen LogP contribution in [0.15, 0.2) is 48.5 Å². The van der Waals surface area contributed by atoms with Crippen molar-refractivity contribution in [1.82, 2.24) is 9.80 Å². The number of hydrogen-bond acceptors (Lipinski definition) is 4. The second kappa shape index (κ2) is 9.08. The molecule has 0 radical (unpaired) electrons. The van der Waals surface area contributed by atoms with Gasteiger partial charge in [0.2, 0.25) is 5.91 Å². The van der Waals surface area contributed by atoms with Gasteiger partial charge < -0.3 is 9.80 Å². The molecule has 2 aromatic carbocycles. The van der Waals surface area contributed by atoms with Gasteiger partial charge in [0.15, 0.2) is 0 Å². The lowest BCUT2D eigenvalue weighted by Gasteiger charge is -2.37. The average Bonchev–Trinajstić information content (AvgIpc) is 3.24. The predicted octanol–water partition coefficient (Wildman–Crippen LogP) is 4.24. The van der Waals surface area contributed by atoms with Crippen molar-refractivity contribution in [3.63, 3.8) is 0 Å². The van der Waals surface area contributed by atoms with E-state index in [1.54, 1.807) is 40.9 Å². The number of benzene rings is 2. The number of carbonyl (C=O) groups excluding carboxylic acids is 1. The molecule has 0 saturated carbocycles. The number of thioether (sulfide) groups is 1. The van der Waals surface area contributed by atoms with Gasteiger partial charge in [0.1, 0.15) is 11.2 Å². The van der Waals surface area contributed by atoms with E-state index in [4.69, 9.17) is 0 Å². The van der Waals surface area contributed by atoms with Gasteiger partial charge in [-0.25, -0.2) is 4.39 Å². The summed E-state index contributed by atoms with van der Waals surface area (Å²) in [5, 5.41) is -0.319. The summed E-state index contributed by atoms with van der Waals surface area (Å²) < 4.78 is 53.1. The largest absolute Gasteiger partial charge is 0.416 e. The maximum atomic E-state index is 14.2. The lowest BCUT2D eigenvalue weighted by molar-refractivity contribution is -0.137. The molecule has 0 N–H and O–H groups in total. The van der Waals surface area contributed by atoms with E-state index < -0.39 is 11.7 Å². The van der Waals surface area contributed by atoms with Crippen molar-refractivity contribution in [2.75, 3.05) is 49.9 Å². The number of halogens is 4. The molecule has 9 heteroatoms. The highest BCUT2D eigenvalue weighted by molar-refractivity contribution is 7.99. The molecule has 2 aromatic rings. The van der Waals surface area contributed by atoms with Crippen molar-refractivity contribution in [3.05, 3.63) is 65.5 Å². The highest BCUT2D eigenvalue weighted by Gasteiger charge is 2.34. The molecule has 0 bridgehead atoms. The van der Waals surface area contributed by atoms with E-state index in [9.17, 15) is 22.4 Å².